The van der Waals surface area contributed by atoms with Gasteiger partial charge >= 0.3 is 0 Å². The smallest absolute Gasteiger partial charge is 0.224 e. The van der Waals surface area contributed by atoms with Gasteiger partial charge in [-0.3, -0.25) is 0 Å². The van der Waals surface area contributed by atoms with E-state index in [0.29, 0.717) is 11.9 Å². The van der Waals surface area contributed by atoms with Crippen molar-refractivity contribution in [3.8, 4) is 0 Å². The maximum atomic E-state index is 4.59. The highest BCUT2D eigenvalue weighted by molar-refractivity contribution is 9.10. The number of halogens is 1. The lowest BCUT2D eigenvalue weighted by Gasteiger charge is -2.11. The standard InChI is InChI=1S/C16H19BrN4/c1-3-18-16-20-14(11-4-5-11)9-15(21-16)19-12-6-7-13(17)10(2)8-12/h6-9,11H,3-5H2,1-2H3,(H2,18,19,20,21). The van der Waals surface area contributed by atoms with Gasteiger partial charge < -0.3 is 10.6 Å². The molecule has 2 N–H and O–H groups in total. The molecule has 0 unspecified atom stereocenters. The van der Waals surface area contributed by atoms with E-state index in [1.807, 2.05) is 12.1 Å². The lowest BCUT2D eigenvalue weighted by atomic mass is 10.2. The first-order valence-corrected chi connectivity index (χ1v) is 8.11. The van der Waals surface area contributed by atoms with Crippen LogP contribution in [-0.4, -0.2) is 16.5 Å². The van der Waals surface area contributed by atoms with Crippen LogP contribution in [0.3, 0.4) is 0 Å². The van der Waals surface area contributed by atoms with Gasteiger partial charge in [0.2, 0.25) is 5.95 Å². The Morgan fingerprint density at radius 2 is 2.05 bits per heavy atom. The Bertz CT molecular complexity index is 653. The third-order valence-corrected chi connectivity index (χ3v) is 4.40. The summed E-state index contributed by atoms with van der Waals surface area (Å²) in [7, 11) is 0. The molecule has 2 aromatic rings. The van der Waals surface area contributed by atoms with Crippen LogP contribution in [0, 0.1) is 6.92 Å². The molecule has 5 heteroatoms. The van der Waals surface area contributed by atoms with Gasteiger partial charge in [-0.1, -0.05) is 15.9 Å². The summed E-state index contributed by atoms with van der Waals surface area (Å²) < 4.78 is 1.11. The Morgan fingerprint density at radius 1 is 1.24 bits per heavy atom. The summed E-state index contributed by atoms with van der Waals surface area (Å²) in [6.07, 6.45) is 2.47. The number of hydrogen-bond donors (Lipinski definition) is 2. The molecule has 110 valence electrons. The van der Waals surface area contributed by atoms with Gasteiger partial charge in [-0.2, -0.15) is 4.98 Å². The molecule has 1 saturated carbocycles. The van der Waals surface area contributed by atoms with Crippen molar-refractivity contribution in [2.45, 2.75) is 32.6 Å². The zero-order valence-corrected chi connectivity index (χ0v) is 13.9. The molecule has 0 saturated heterocycles. The van der Waals surface area contributed by atoms with E-state index in [1.165, 1.54) is 18.4 Å². The van der Waals surface area contributed by atoms with E-state index < -0.39 is 0 Å². The predicted octanol–water partition coefficient (Wildman–Crippen LogP) is 4.60. The lowest BCUT2D eigenvalue weighted by molar-refractivity contribution is 0.978. The number of rotatable bonds is 5. The summed E-state index contributed by atoms with van der Waals surface area (Å²) in [5, 5.41) is 6.59. The van der Waals surface area contributed by atoms with Gasteiger partial charge in [-0.05, 0) is 50.5 Å². The molecule has 3 rings (SSSR count). The van der Waals surface area contributed by atoms with E-state index in [2.05, 4.69) is 62.5 Å². The lowest BCUT2D eigenvalue weighted by Crippen LogP contribution is -2.06. The molecule has 0 amide bonds. The van der Waals surface area contributed by atoms with Crippen LogP contribution < -0.4 is 10.6 Å². The van der Waals surface area contributed by atoms with Crippen LogP contribution in [0.15, 0.2) is 28.7 Å². The Balaban J connectivity index is 1.87. The number of nitrogens with zero attached hydrogens (tertiary/aromatic N) is 2. The molecule has 1 fully saturated rings. The molecular weight excluding hydrogens is 328 g/mol. The third kappa shape index (κ3) is 3.53. The summed E-state index contributed by atoms with van der Waals surface area (Å²) >= 11 is 3.52. The van der Waals surface area contributed by atoms with Crippen molar-refractivity contribution < 1.29 is 0 Å². The average Bonchev–Trinajstić information content (AvgIpc) is 3.28. The number of aromatic nitrogens is 2. The molecule has 1 aliphatic carbocycles. The van der Waals surface area contributed by atoms with Crippen LogP contribution in [0.4, 0.5) is 17.5 Å². The van der Waals surface area contributed by atoms with Crippen molar-refractivity contribution in [3.63, 3.8) is 0 Å². The molecule has 0 spiro atoms. The zero-order chi connectivity index (χ0) is 14.8. The largest absolute Gasteiger partial charge is 0.354 e. The Morgan fingerprint density at radius 3 is 2.71 bits per heavy atom. The fourth-order valence-electron chi connectivity index (χ4n) is 2.23. The van der Waals surface area contributed by atoms with Crippen LogP contribution in [0.25, 0.3) is 0 Å². The highest BCUT2D eigenvalue weighted by Gasteiger charge is 2.26. The van der Waals surface area contributed by atoms with Crippen LogP contribution in [0.5, 0.6) is 0 Å². The first-order valence-electron chi connectivity index (χ1n) is 7.31. The highest BCUT2D eigenvalue weighted by Crippen LogP contribution is 2.40. The molecule has 0 aliphatic heterocycles. The SMILES string of the molecule is CCNc1nc(Nc2ccc(Br)c(C)c2)cc(C2CC2)n1. The molecule has 1 heterocycles. The molecule has 1 aromatic carbocycles. The van der Waals surface area contributed by atoms with E-state index in [0.717, 1.165) is 28.2 Å². The minimum Gasteiger partial charge on any atom is -0.354 e. The normalized spacial score (nSPS) is 14.0. The second kappa shape index (κ2) is 6.02. The van der Waals surface area contributed by atoms with Crippen LogP contribution >= 0.6 is 15.9 Å². The number of anilines is 3. The van der Waals surface area contributed by atoms with Gasteiger partial charge in [0.25, 0.3) is 0 Å². The first-order chi connectivity index (χ1) is 10.2. The maximum Gasteiger partial charge on any atom is 0.224 e. The van der Waals surface area contributed by atoms with E-state index >= 15 is 0 Å². The van der Waals surface area contributed by atoms with E-state index in [4.69, 9.17) is 0 Å². The summed E-state index contributed by atoms with van der Waals surface area (Å²) in [4.78, 5) is 9.12. The Labute approximate surface area is 133 Å². The number of nitrogens with one attached hydrogen (secondary N) is 2. The average molecular weight is 347 g/mol. The van der Waals surface area contributed by atoms with Crippen molar-refractivity contribution in [1.82, 2.24) is 9.97 Å². The van der Waals surface area contributed by atoms with Gasteiger partial charge in [0.05, 0.1) is 5.69 Å². The first kappa shape index (κ1) is 14.3. The van der Waals surface area contributed by atoms with Crippen LogP contribution in [-0.2, 0) is 0 Å². The summed E-state index contributed by atoms with van der Waals surface area (Å²) in [5.41, 5.74) is 3.37. The van der Waals surface area contributed by atoms with Crippen LogP contribution in [0.1, 0.15) is 36.9 Å². The van der Waals surface area contributed by atoms with Crippen molar-refractivity contribution in [2.75, 3.05) is 17.2 Å². The van der Waals surface area contributed by atoms with E-state index in [-0.39, 0.29) is 0 Å². The van der Waals surface area contributed by atoms with Crippen molar-refractivity contribution >= 4 is 33.4 Å². The van der Waals surface area contributed by atoms with Gasteiger partial charge in [0.15, 0.2) is 0 Å². The quantitative estimate of drug-likeness (QED) is 0.830. The summed E-state index contributed by atoms with van der Waals surface area (Å²) in [5.74, 6) is 2.17. The predicted molar refractivity (Wildman–Crippen MR) is 90.3 cm³/mol. The van der Waals surface area contributed by atoms with Crippen LogP contribution in [0.2, 0.25) is 0 Å². The van der Waals surface area contributed by atoms with Crippen molar-refractivity contribution in [1.29, 1.82) is 0 Å². The topological polar surface area (TPSA) is 49.8 Å². The van der Waals surface area contributed by atoms with Gasteiger partial charge in [-0.15, -0.1) is 0 Å². The Hall–Kier alpha value is -1.62. The second-order valence-electron chi connectivity index (χ2n) is 5.40. The van der Waals surface area contributed by atoms with E-state index in [1.54, 1.807) is 0 Å². The summed E-state index contributed by atoms with van der Waals surface area (Å²) in [6.45, 7) is 4.96. The fraction of sp³-hybridized carbons (Fsp3) is 0.375. The van der Waals surface area contributed by atoms with Gasteiger partial charge in [-0.25, -0.2) is 4.98 Å². The minimum absolute atomic E-state index is 0.609. The van der Waals surface area contributed by atoms with Gasteiger partial charge in [0.1, 0.15) is 5.82 Å². The second-order valence-corrected chi connectivity index (χ2v) is 6.25. The molecule has 21 heavy (non-hydrogen) atoms. The number of benzene rings is 1. The molecule has 1 aliphatic rings. The highest BCUT2D eigenvalue weighted by atomic mass is 79.9. The molecular formula is C16H19BrN4. The Kier molecular flexibility index (Phi) is 4.10. The van der Waals surface area contributed by atoms with Gasteiger partial charge in [0, 0.05) is 28.7 Å². The third-order valence-electron chi connectivity index (χ3n) is 3.51. The molecule has 0 radical (unpaired) electrons. The fourth-order valence-corrected chi connectivity index (χ4v) is 2.47. The maximum absolute atomic E-state index is 4.59. The molecule has 4 nitrogen and oxygen atoms in total. The number of aryl methyl sites for hydroxylation is 1. The molecule has 0 bridgehead atoms. The number of hydrogen-bond acceptors (Lipinski definition) is 4. The monoisotopic (exact) mass is 346 g/mol. The minimum atomic E-state index is 0.609. The zero-order valence-electron chi connectivity index (χ0n) is 12.3. The molecule has 0 atom stereocenters. The summed E-state index contributed by atoms with van der Waals surface area (Å²) in [6, 6.07) is 8.26. The van der Waals surface area contributed by atoms with Crippen molar-refractivity contribution in [2.24, 2.45) is 0 Å². The van der Waals surface area contributed by atoms with Crippen molar-refractivity contribution in [3.05, 3.63) is 40.0 Å². The molecule has 1 aromatic heterocycles. The van der Waals surface area contributed by atoms with E-state index in [9.17, 15) is 0 Å².